The summed E-state index contributed by atoms with van der Waals surface area (Å²) < 4.78 is 1.61. The van der Waals surface area contributed by atoms with Crippen molar-refractivity contribution >= 4 is 22.6 Å². The van der Waals surface area contributed by atoms with Crippen molar-refractivity contribution in [2.75, 3.05) is 5.32 Å². The number of aromatic carboxylic acids is 1. The molecule has 2 N–H and O–H groups in total. The number of benzene rings is 2. The van der Waals surface area contributed by atoms with Gasteiger partial charge in [0, 0.05) is 23.7 Å². The predicted octanol–water partition coefficient (Wildman–Crippen LogP) is 4.41. The Balaban J connectivity index is 2.20. The van der Waals surface area contributed by atoms with Gasteiger partial charge in [-0.05, 0) is 37.6 Å². The van der Waals surface area contributed by atoms with Gasteiger partial charge in [0.15, 0.2) is 0 Å². The Bertz CT molecular complexity index is 1160. The van der Waals surface area contributed by atoms with Gasteiger partial charge < -0.3 is 10.4 Å². The number of carboxylic acid groups (broad SMARTS) is 1. The lowest BCUT2D eigenvalue weighted by Gasteiger charge is -2.24. The van der Waals surface area contributed by atoms with Crippen LogP contribution in [0.25, 0.3) is 10.9 Å². The van der Waals surface area contributed by atoms with Crippen molar-refractivity contribution in [2.45, 2.75) is 46.1 Å². The van der Waals surface area contributed by atoms with Crippen molar-refractivity contribution in [3.8, 4) is 0 Å². The van der Waals surface area contributed by atoms with E-state index in [-0.39, 0.29) is 22.6 Å². The van der Waals surface area contributed by atoms with Crippen LogP contribution in [-0.4, -0.2) is 20.6 Å². The van der Waals surface area contributed by atoms with Gasteiger partial charge in [-0.3, -0.25) is 9.36 Å². The summed E-state index contributed by atoms with van der Waals surface area (Å²) >= 11 is 0. The van der Waals surface area contributed by atoms with Crippen LogP contribution in [0.3, 0.4) is 0 Å². The molecule has 0 saturated carbocycles. The summed E-state index contributed by atoms with van der Waals surface area (Å²) in [5.41, 5.74) is 2.83. The van der Waals surface area contributed by atoms with Gasteiger partial charge in [0.1, 0.15) is 5.82 Å². The Morgan fingerprint density at radius 2 is 1.86 bits per heavy atom. The molecule has 0 amide bonds. The Kier molecular flexibility index (Phi) is 5.22. The monoisotopic (exact) mass is 393 g/mol. The van der Waals surface area contributed by atoms with Crippen molar-refractivity contribution in [2.24, 2.45) is 7.05 Å². The second kappa shape index (κ2) is 7.35. The van der Waals surface area contributed by atoms with E-state index >= 15 is 0 Å². The van der Waals surface area contributed by atoms with Gasteiger partial charge in [-0.25, -0.2) is 9.78 Å². The highest BCUT2D eigenvalue weighted by atomic mass is 16.4. The topological polar surface area (TPSA) is 84.2 Å². The zero-order chi connectivity index (χ0) is 21.5. The van der Waals surface area contributed by atoms with Crippen LogP contribution in [-0.2, 0) is 12.5 Å². The van der Waals surface area contributed by atoms with Gasteiger partial charge in [0.25, 0.3) is 5.56 Å². The van der Waals surface area contributed by atoms with Crippen molar-refractivity contribution in [3.05, 3.63) is 69.3 Å². The number of aryl methyl sites for hydroxylation is 1. The van der Waals surface area contributed by atoms with Crippen LogP contribution in [0.5, 0.6) is 0 Å². The number of carbonyl (C=O) groups is 1. The highest BCUT2D eigenvalue weighted by molar-refractivity contribution is 5.94. The van der Waals surface area contributed by atoms with E-state index in [9.17, 15) is 14.7 Å². The highest BCUT2D eigenvalue weighted by Crippen LogP contribution is 2.29. The number of hydrogen-bond donors (Lipinski definition) is 2. The molecule has 152 valence electrons. The number of nitrogens with zero attached hydrogens (tertiary/aromatic N) is 2. The summed E-state index contributed by atoms with van der Waals surface area (Å²) in [6.07, 6.45) is 0. The summed E-state index contributed by atoms with van der Waals surface area (Å²) in [4.78, 5) is 29.5. The first kappa shape index (κ1) is 20.6. The van der Waals surface area contributed by atoms with E-state index in [1.165, 1.54) is 0 Å². The molecule has 0 spiro atoms. The van der Waals surface area contributed by atoms with Crippen molar-refractivity contribution in [1.82, 2.24) is 9.55 Å². The van der Waals surface area contributed by atoms with E-state index in [1.54, 1.807) is 35.9 Å². The third kappa shape index (κ3) is 3.88. The zero-order valence-electron chi connectivity index (χ0n) is 17.7. The average Bonchev–Trinajstić information content (AvgIpc) is 2.63. The number of fused-ring (bicyclic) bond motifs is 1. The SMILES string of the molecule is Cc1cc([C@@H](C)Nc2ccccc2C(=O)O)c2nc(C(C)(C)C)n(C)c(=O)c2c1. The Morgan fingerprint density at radius 1 is 1.21 bits per heavy atom. The molecule has 6 heteroatoms. The minimum absolute atomic E-state index is 0.0805. The van der Waals surface area contributed by atoms with Gasteiger partial charge in [-0.15, -0.1) is 0 Å². The number of hydrogen-bond acceptors (Lipinski definition) is 4. The minimum atomic E-state index is -0.989. The molecule has 0 unspecified atom stereocenters. The first-order valence-electron chi connectivity index (χ1n) is 9.61. The molecule has 0 bridgehead atoms. The van der Waals surface area contributed by atoms with Crippen LogP contribution >= 0.6 is 0 Å². The van der Waals surface area contributed by atoms with Crippen LogP contribution in [0.15, 0.2) is 41.2 Å². The molecule has 1 atom stereocenters. The second-order valence-corrected chi connectivity index (χ2v) is 8.52. The fourth-order valence-electron chi connectivity index (χ4n) is 3.66. The lowest BCUT2D eigenvalue weighted by molar-refractivity contribution is 0.0698. The Morgan fingerprint density at radius 3 is 2.48 bits per heavy atom. The third-order valence-electron chi connectivity index (χ3n) is 5.02. The molecule has 0 aliphatic heterocycles. The van der Waals surface area contributed by atoms with Crippen LogP contribution < -0.4 is 10.9 Å². The first-order chi connectivity index (χ1) is 13.5. The molecule has 3 rings (SSSR count). The Labute approximate surface area is 170 Å². The van der Waals surface area contributed by atoms with Crippen LogP contribution in [0.4, 0.5) is 5.69 Å². The summed E-state index contributed by atoms with van der Waals surface area (Å²) in [7, 11) is 1.75. The van der Waals surface area contributed by atoms with Crippen LogP contribution in [0.1, 0.15) is 61.0 Å². The Hall–Kier alpha value is -3.15. The van der Waals surface area contributed by atoms with Crippen molar-refractivity contribution in [3.63, 3.8) is 0 Å². The van der Waals surface area contributed by atoms with Crippen molar-refractivity contribution in [1.29, 1.82) is 0 Å². The summed E-state index contributed by atoms with van der Waals surface area (Å²) in [6, 6.07) is 10.4. The zero-order valence-corrected chi connectivity index (χ0v) is 17.7. The number of rotatable bonds is 4. The maximum absolute atomic E-state index is 13.0. The van der Waals surface area contributed by atoms with Crippen molar-refractivity contribution < 1.29 is 9.90 Å². The molecule has 1 heterocycles. The fourth-order valence-corrected chi connectivity index (χ4v) is 3.66. The molecule has 0 saturated heterocycles. The third-order valence-corrected chi connectivity index (χ3v) is 5.02. The number of anilines is 1. The van der Waals surface area contributed by atoms with E-state index in [0.717, 1.165) is 11.1 Å². The molecule has 0 aliphatic rings. The molecule has 0 radical (unpaired) electrons. The second-order valence-electron chi connectivity index (χ2n) is 8.52. The molecule has 0 aliphatic carbocycles. The first-order valence-corrected chi connectivity index (χ1v) is 9.61. The average molecular weight is 393 g/mol. The van der Waals surface area contributed by atoms with E-state index in [2.05, 4.69) is 5.32 Å². The van der Waals surface area contributed by atoms with E-state index < -0.39 is 5.97 Å². The molecule has 29 heavy (non-hydrogen) atoms. The van der Waals surface area contributed by atoms with Gasteiger partial charge in [-0.2, -0.15) is 0 Å². The summed E-state index contributed by atoms with van der Waals surface area (Å²) in [5.74, 6) is -0.283. The molecule has 2 aromatic carbocycles. The smallest absolute Gasteiger partial charge is 0.337 e. The van der Waals surface area contributed by atoms with Gasteiger partial charge in [0.2, 0.25) is 0 Å². The number of para-hydroxylation sites is 1. The van der Waals surface area contributed by atoms with E-state index in [4.69, 9.17) is 4.98 Å². The highest BCUT2D eigenvalue weighted by Gasteiger charge is 2.23. The normalized spacial score (nSPS) is 12.8. The van der Waals surface area contributed by atoms with Crippen LogP contribution in [0, 0.1) is 6.92 Å². The maximum Gasteiger partial charge on any atom is 0.337 e. The molecule has 3 aromatic rings. The molecule has 0 fully saturated rings. The largest absolute Gasteiger partial charge is 0.478 e. The van der Waals surface area contributed by atoms with E-state index in [1.807, 2.05) is 46.8 Å². The van der Waals surface area contributed by atoms with Crippen LogP contribution in [0.2, 0.25) is 0 Å². The molecule has 1 aromatic heterocycles. The summed E-state index contributed by atoms with van der Waals surface area (Å²) in [6.45, 7) is 9.97. The minimum Gasteiger partial charge on any atom is -0.478 e. The van der Waals surface area contributed by atoms with Gasteiger partial charge >= 0.3 is 5.97 Å². The lowest BCUT2D eigenvalue weighted by atomic mass is 9.94. The van der Waals surface area contributed by atoms with Gasteiger partial charge in [-0.1, -0.05) is 39.0 Å². The predicted molar refractivity (Wildman–Crippen MR) is 116 cm³/mol. The molecule has 6 nitrogen and oxygen atoms in total. The summed E-state index contributed by atoms with van der Waals surface area (Å²) in [5, 5.41) is 13.3. The number of nitrogens with one attached hydrogen (secondary N) is 1. The standard InChI is InChI=1S/C23H27N3O3/c1-13-11-16(14(2)24-18-10-8-7-9-15(18)21(28)29)19-17(12-13)20(27)26(6)22(25-19)23(3,4)5/h7-12,14,24H,1-6H3,(H,28,29)/t14-/m1/s1. The van der Waals surface area contributed by atoms with Gasteiger partial charge in [0.05, 0.1) is 22.5 Å². The number of aromatic nitrogens is 2. The molecular weight excluding hydrogens is 366 g/mol. The molecular formula is C23H27N3O3. The number of carboxylic acids is 1. The quantitative estimate of drug-likeness (QED) is 0.686. The maximum atomic E-state index is 13.0. The fraction of sp³-hybridized carbons (Fsp3) is 0.348. The lowest BCUT2D eigenvalue weighted by Crippen LogP contribution is -2.30. The van der Waals surface area contributed by atoms with E-state index in [0.29, 0.717) is 22.4 Å².